The molecule has 0 spiro atoms. The zero-order valence-electron chi connectivity index (χ0n) is 8.51. The molecule has 0 aromatic heterocycles. The lowest BCUT2D eigenvalue weighted by molar-refractivity contribution is -0.115. The molecule has 0 atom stereocenters. The van der Waals surface area contributed by atoms with Crippen LogP contribution in [0.25, 0.3) is 0 Å². The molecule has 0 fully saturated rings. The van der Waals surface area contributed by atoms with Crippen molar-refractivity contribution in [2.75, 3.05) is 5.32 Å². The van der Waals surface area contributed by atoms with E-state index in [0.717, 1.165) is 6.07 Å². The summed E-state index contributed by atoms with van der Waals surface area (Å²) in [5.74, 6) is -3.48. The molecule has 0 bridgehead atoms. The minimum absolute atomic E-state index is 0.142. The molecule has 0 heterocycles. The Balaban J connectivity index is 3.14. The molecule has 86 valence electrons. The Hall–Kier alpha value is -1.98. The first-order chi connectivity index (χ1) is 7.45. The molecule has 0 radical (unpaired) electrons. The van der Waals surface area contributed by atoms with Gasteiger partial charge in [0.25, 0.3) is 5.91 Å². The normalized spacial score (nSPS) is 9.94. The summed E-state index contributed by atoms with van der Waals surface area (Å²) in [7, 11) is 0. The number of carbonyl (C=O) groups excluding carboxylic acids is 2. The first-order valence-corrected chi connectivity index (χ1v) is 4.54. The number of hydrogen-bond acceptors (Lipinski definition) is 2. The van der Waals surface area contributed by atoms with E-state index in [1.54, 1.807) is 6.92 Å². The zero-order chi connectivity index (χ0) is 12.3. The fraction of sp³-hybridized carbons (Fsp3) is 0.200. The van der Waals surface area contributed by atoms with E-state index in [-0.39, 0.29) is 12.1 Å². The van der Waals surface area contributed by atoms with Crippen LogP contribution in [-0.2, 0) is 4.79 Å². The van der Waals surface area contributed by atoms with Gasteiger partial charge in [0.2, 0.25) is 5.91 Å². The molecule has 0 saturated carbocycles. The Kier molecular flexibility index (Phi) is 3.55. The van der Waals surface area contributed by atoms with Crippen molar-refractivity contribution in [1.82, 2.24) is 0 Å². The summed E-state index contributed by atoms with van der Waals surface area (Å²) in [4.78, 5) is 21.8. The second-order valence-corrected chi connectivity index (χ2v) is 3.08. The molecule has 3 N–H and O–H groups in total. The summed E-state index contributed by atoms with van der Waals surface area (Å²) < 4.78 is 26.2. The highest BCUT2D eigenvalue weighted by atomic mass is 19.1. The fourth-order valence-electron chi connectivity index (χ4n) is 1.07. The number of nitrogens with two attached hydrogens (primary N) is 1. The molecule has 6 heteroatoms. The summed E-state index contributed by atoms with van der Waals surface area (Å²) in [6.07, 6.45) is 0.142. The Morgan fingerprint density at radius 2 is 1.94 bits per heavy atom. The fourth-order valence-corrected chi connectivity index (χ4v) is 1.07. The number of hydrogen-bond donors (Lipinski definition) is 2. The van der Waals surface area contributed by atoms with Crippen molar-refractivity contribution in [3.63, 3.8) is 0 Å². The third kappa shape index (κ3) is 2.53. The molecule has 0 aliphatic carbocycles. The second kappa shape index (κ2) is 4.69. The van der Waals surface area contributed by atoms with Crippen molar-refractivity contribution in [2.24, 2.45) is 5.73 Å². The second-order valence-electron chi connectivity index (χ2n) is 3.08. The van der Waals surface area contributed by atoms with Crippen molar-refractivity contribution in [3.8, 4) is 0 Å². The summed E-state index contributed by atoms with van der Waals surface area (Å²) in [5.41, 5.74) is 4.16. The summed E-state index contributed by atoms with van der Waals surface area (Å²) in [6, 6.07) is 1.38. The van der Waals surface area contributed by atoms with Crippen LogP contribution in [0.5, 0.6) is 0 Å². The largest absolute Gasteiger partial charge is 0.366 e. The van der Waals surface area contributed by atoms with Gasteiger partial charge in [0.15, 0.2) is 0 Å². The molecule has 4 nitrogen and oxygen atoms in total. The van der Waals surface area contributed by atoms with Crippen LogP contribution in [0.1, 0.15) is 23.7 Å². The standard InChI is InChI=1S/C10H10F2N2O2/c1-2-9(15)14-8-3-5(10(13)16)6(11)4-7(8)12/h3-4H,2H2,1H3,(H2,13,16)(H,14,15). The maximum atomic E-state index is 13.2. The van der Waals surface area contributed by atoms with Crippen LogP contribution in [0.2, 0.25) is 0 Å². The van der Waals surface area contributed by atoms with Crippen LogP contribution < -0.4 is 11.1 Å². The minimum atomic E-state index is -1.06. The van der Waals surface area contributed by atoms with E-state index in [0.29, 0.717) is 6.07 Å². The molecule has 16 heavy (non-hydrogen) atoms. The van der Waals surface area contributed by atoms with Gasteiger partial charge in [0, 0.05) is 12.5 Å². The maximum Gasteiger partial charge on any atom is 0.251 e. The van der Waals surface area contributed by atoms with Crippen molar-refractivity contribution < 1.29 is 18.4 Å². The average Bonchev–Trinajstić information content (AvgIpc) is 2.21. The number of anilines is 1. The first kappa shape index (κ1) is 12.1. The molecule has 0 unspecified atom stereocenters. The van der Waals surface area contributed by atoms with E-state index in [1.807, 2.05) is 0 Å². The highest BCUT2D eigenvalue weighted by Gasteiger charge is 2.14. The van der Waals surface area contributed by atoms with Crippen molar-refractivity contribution >= 4 is 17.5 Å². The lowest BCUT2D eigenvalue weighted by Crippen LogP contribution is -2.16. The molecule has 0 saturated heterocycles. The highest BCUT2D eigenvalue weighted by Crippen LogP contribution is 2.19. The third-order valence-electron chi connectivity index (χ3n) is 1.92. The average molecular weight is 228 g/mol. The smallest absolute Gasteiger partial charge is 0.251 e. The molecule has 2 amide bonds. The summed E-state index contributed by atoms with van der Waals surface area (Å²) >= 11 is 0. The zero-order valence-corrected chi connectivity index (χ0v) is 8.51. The van der Waals surface area contributed by atoms with E-state index >= 15 is 0 Å². The van der Waals surface area contributed by atoms with Gasteiger partial charge >= 0.3 is 0 Å². The molecule has 1 aromatic carbocycles. The van der Waals surface area contributed by atoms with E-state index < -0.39 is 29.0 Å². The van der Waals surface area contributed by atoms with Crippen LogP contribution in [0, 0.1) is 11.6 Å². The van der Waals surface area contributed by atoms with E-state index in [9.17, 15) is 18.4 Å². The van der Waals surface area contributed by atoms with E-state index in [1.165, 1.54) is 0 Å². The van der Waals surface area contributed by atoms with Crippen LogP contribution in [0.3, 0.4) is 0 Å². The van der Waals surface area contributed by atoms with Gasteiger partial charge in [-0.1, -0.05) is 6.92 Å². The van der Waals surface area contributed by atoms with Gasteiger partial charge in [-0.05, 0) is 6.07 Å². The molecule has 1 rings (SSSR count). The SMILES string of the molecule is CCC(=O)Nc1cc(C(N)=O)c(F)cc1F. The Morgan fingerprint density at radius 1 is 1.31 bits per heavy atom. The number of rotatable bonds is 3. The van der Waals surface area contributed by atoms with Gasteiger partial charge in [0.1, 0.15) is 11.6 Å². The lowest BCUT2D eigenvalue weighted by atomic mass is 10.1. The van der Waals surface area contributed by atoms with Crippen LogP contribution >= 0.6 is 0 Å². The van der Waals surface area contributed by atoms with Crippen LogP contribution in [0.15, 0.2) is 12.1 Å². The predicted molar refractivity (Wildman–Crippen MR) is 53.8 cm³/mol. The van der Waals surface area contributed by atoms with Crippen LogP contribution in [0.4, 0.5) is 14.5 Å². The predicted octanol–water partition coefficient (Wildman–Crippen LogP) is 1.41. The Morgan fingerprint density at radius 3 is 2.44 bits per heavy atom. The van der Waals surface area contributed by atoms with Crippen molar-refractivity contribution in [1.29, 1.82) is 0 Å². The third-order valence-corrected chi connectivity index (χ3v) is 1.92. The van der Waals surface area contributed by atoms with E-state index in [2.05, 4.69) is 5.32 Å². The number of nitrogens with one attached hydrogen (secondary N) is 1. The Labute approximate surface area is 90.4 Å². The molecule has 0 aliphatic rings. The van der Waals surface area contributed by atoms with Crippen molar-refractivity contribution in [3.05, 3.63) is 29.3 Å². The Bertz CT molecular complexity index is 447. The van der Waals surface area contributed by atoms with Crippen LogP contribution in [-0.4, -0.2) is 11.8 Å². The van der Waals surface area contributed by atoms with Gasteiger partial charge in [-0.25, -0.2) is 8.78 Å². The monoisotopic (exact) mass is 228 g/mol. The van der Waals surface area contributed by atoms with Crippen molar-refractivity contribution in [2.45, 2.75) is 13.3 Å². The number of halogens is 2. The number of primary amides is 1. The lowest BCUT2D eigenvalue weighted by Gasteiger charge is -2.07. The molecule has 1 aromatic rings. The topological polar surface area (TPSA) is 72.2 Å². The van der Waals surface area contributed by atoms with Gasteiger partial charge in [-0.15, -0.1) is 0 Å². The van der Waals surface area contributed by atoms with Gasteiger partial charge in [0.05, 0.1) is 11.3 Å². The van der Waals surface area contributed by atoms with Gasteiger partial charge < -0.3 is 11.1 Å². The summed E-state index contributed by atoms with van der Waals surface area (Å²) in [5, 5.41) is 2.19. The minimum Gasteiger partial charge on any atom is -0.366 e. The van der Waals surface area contributed by atoms with Gasteiger partial charge in [-0.3, -0.25) is 9.59 Å². The molecule has 0 aliphatic heterocycles. The maximum absolute atomic E-state index is 13.2. The first-order valence-electron chi connectivity index (χ1n) is 4.54. The summed E-state index contributed by atoms with van der Waals surface area (Å²) in [6.45, 7) is 1.58. The van der Waals surface area contributed by atoms with Gasteiger partial charge in [-0.2, -0.15) is 0 Å². The highest BCUT2D eigenvalue weighted by molar-refractivity contribution is 5.96. The number of carbonyl (C=O) groups is 2. The number of amides is 2. The van der Waals surface area contributed by atoms with E-state index in [4.69, 9.17) is 5.73 Å². The number of benzene rings is 1. The quantitative estimate of drug-likeness (QED) is 0.821. The molecular formula is C10H10F2N2O2. The molecular weight excluding hydrogens is 218 g/mol.